The van der Waals surface area contributed by atoms with E-state index < -0.39 is 12.0 Å². The summed E-state index contributed by atoms with van der Waals surface area (Å²) in [6.45, 7) is 5.55. The maximum atomic E-state index is 12.7. The molecule has 1 atom stereocenters. The Morgan fingerprint density at radius 1 is 1.24 bits per heavy atom. The summed E-state index contributed by atoms with van der Waals surface area (Å²) in [7, 11) is 0. The molecule has 5 nitrogen and oxygen atoms in total. The van der Waals surface area contributed by atoms with E-state index in [1.165, 1.54) is 17.4 Å². The molecule has 0 spiro atoms. The van der Waals surface area contributed by atoms with E-state index in [0.717, 1.165) is 15.6 Å². The number of halogens is 3. The number of rotatable bonds is 3. The van der Waals surface area contributed by atoms with Gasteiger partial charge in [-0.2, -0.15) is 13.2 Å². The molecule has 0 radical (unpaired) electrons. The topological polar surface area (TPSA) is 76.7 Å². The molecular formula is C12H14F3N5S. The molecule has 0 aliphatic heterocycles. The first-order valence-electron chi connectivity index (χ1n) is 6.09. The van der Waals surface area contributed by atoms with Crippen LogP contribution >= 0.6 is 11.3 Å². The average molecular weight is 317 g/mol. The lowest BCUT2D eigenvalue weighted by Crippen LogP contribution is -2.15. The van der Waals surface area contributed by atoms with Crippen molar-refractivity contribution in [1.29, 1.82) is 0 Å². The normalized spacial score (nSPS) is 13.2. The molecule has 1 unspecified atom stereocenters. The van der Waals surface area contributed by atoms with E-state index in [1.807, 2.05) is 20.8 Å². The highest BCUT2D eigenvalue weighted by Crippen LogP contribution is 2.30. The van der Waals surface area contributed by atoms with Gasteiger partial charge in [-0.3, -0.25) is 0 Å². The van der Waals surface area contributed by atoms with E-state index in [4.69, 9.17) is 5.73 Å². The molecule has 0 aliphatic rings. The molecule has 2 aromatic heterocycles. The van der Waals surface area contributed by atoms with Gasteiger partial charge in [0.1, 0.15) is 11.6 Å². The maximum Gasteiger partial charge on any atom is 0.451 e. The van der Waals surface area contributed by atoms with E-state index in [-0.39, 0.29) is 17.7 Å². The molecule has 9 heteroatoms. The van der Waals surface area contributed by atoms with Crippen LogP contribution in [0.25, 0.3) is 0 Å². The lowest BCUT2D eigenvalue weighted by atomic mass is 10.2. The number of nitrogens with zero attached hydrogens (tertiary/aromatic N) is 3. The van der Waals surface area contributed by atoms with Crippen molar-refractivity contribution in [2.75, 3.05) is 11.1 Å². The fourth-order valence-corrected chi connectivity index (χ4v) is 2.83. The van der Waals surface area contributed by atoms with E-state index >= 15 is 0 Å². The van der Waals surface area contributed by atoms with Crippen molar-refractivity contribution < 1.29 is 13.2 Å². The third-order valence-electron chi connectivity index (χ3n) is 2.70. The second-order valence-corrected chi connectivity index (χ2v) is 5.78. The van der Waals surface area contributed by atoms with Crippen molar-refractivity contribution >= 4 is 23.0 Å². The molecule has 0 saturated heterocycles. The molecule has 0 saturated carbocycles. The highest BCUT2D eigenvalue weighted by atomic mass is 32.1. The molecule has 21 heavy (non-hydrogen) atoms. The average Bonchev–Trinajstić information content (AvgIpc) is 2.66. The maximum absolute atomic E-state index is 12.7. The third kappa shape index (κ3) is 3.60. The van der Waals surface area contributed by atoms with Crippen LogP contribution in [0.1, 0.15) is 34.4 Å². The van der Waals surface area contributed by atoms with Crippen molar-refractivity contribution in [2.45, 2.75) is 33.0 Å². The summed E-state index contributed by atoms with van der Waals surface area (Å²) >= 11 is 1.49. The molecule has 3 N–H and O–H groups in total. The quantitative estimate of drug-likeness (QED) is 0.908. The molecule has 0 bridgehead atoms. The van der Waals surface area contributed by atoms with Crippen molar-refractivity contribution in [3.8, 4) is 0 Å². The molecule has 2 heterocycles. The van der Waals surface area contributed by atoms with E-state index in [9.17, 15) is 13.2 Å². The number of anilines is 2. The zero-order valence-electron chi connectivity index (χ0n) is 11.6. The third-order valence-corrected chi connectivity index (χ3v) is 3.95. The monoisotopic (exact) mass is 317 g/mol. The van der Waals surface area contributed by atoms with Gasteiger partial charge in [-0.25, -0.2) is 15.0 Å². The number of thiazole rings is 1. The fraction of sp³-hybridized carbons (Fsp3) is 0.417. The highest BCUT2D eigenvalue weighted by molar-refractivity contribution is 7.11. The Kier molecular flexibility index (Phi) is 4.04. The Hall–Kier alpha value is -1.90. The number of aromatic nitrogens is 3. The van der Waals surface area contributed by atoms with E-state index in [1.54, 1.807) is 0 Å². The van der Waals surface area contributed by atoms with Gasteiger partial charge in [0.05, 0.1) is 16.7 Å². The minimum atomic E-state index is -4.63. The second-order valence-electron chi connectivity index (χ2n) is 4.55. The van der Waals surface area contributed by atoms with Gasteiger partial charge in [-0.05, 0) is 20.8 Å². The SMILES string of the molecule is Cc1nc(C)c(C(C)Nc2cc(N)nc(C(F)(F)F)n2)s1. The van der Waals surface area contributed by atoms with Crippen LogP contribution in [0.5, 0.6) is 0 Å². The Morgan fingerprint density at radius 3 is 2.43 bits per heavy atom. The smallest absolute Gasteiger partial charge is 0.384 e. The fourth-order valence-electron chi connectivity index (χ4n) is 1.90. The number of nitrogen functional groups attached to an aromatic ring is 1. The largest absolute Gasteiger partial charge is 0.451 e. The van der Waals surface area contributed by atoms with Gasteiger partial charge in [-0.15, -0.1) is 11.3 Å². The van der Waals surface area contributed by atoms with Crippen LogP contribution in [0.4, 0.5) is 24.8 Å². The standard InChI is InChI=1S/C12H14F3N5S/c1-5-10(21-7(3)17-5)6(2)18-9-4-8(16)19-11(20-9)12(13,14)15/h4,6H,1-3H3,(H3,16,18,19,20). The predicted molar refractivity (Wildman–Crippen MR) is 75.1 cm³/mol. The molecule has 0 amide bonds. The zero-order valence-corrected chi connectivity index (χ0v) is 12.4. The van der Waals surface area contributed by atoms with Crippen molar-refractivity contribution in [1.82, 2.24) is 15.0 Å². The number of hydrogen-bond donors (Lipinski definition) is 2. The Bertz CT molecular complexity index is 653. The Labute approximate surface area is 123 Å². The van der Waals surface area contributed by atoms with Gasteiger partial charge in [-0.1, -0.05) is 0 Å². The van der Waals surface area contributed by atoms with Crippen LogP contribution in [0.2, 0.25) is 0 Å². The van der Waals surface area contributed by atoms with Gasteiger partial charge in [0, 0.05) is 10.9 Å². The summed E-state index contributed by atoms with van der Waals surface area (Å²) in [6.07, 6.45) is -4.63. The van der Waals surface area contributed by atoms with Crippen LogP contribution in [0, 0.1) is 13.8 Å². The summed E-state index contributed by atoms with van der Waals surface area (Å²) in [5.41, 5.74) is 6.25. The van der Waals surface area contributed by atoms with Gasteiger partial charge in [0.25, 0.3) is 0 Å². The molecule has 0 aromatic carbocycles. The summed E-state index contributed by atoms with van der Waals surface area (Å²) in [6, 6.07) is 1.04. The lowest BCUT2D eigenvalue weighted by molar-refractivity contribution is -0.144. The highest BCUT2D eigenvalue weighted by Gasteiger charge is 2.35. The Morgan fingerprint density at radius 2 is 1.90 bits per heavy atom. The molecule has 2 aromatic rings. The van der Waals surface area contributed by atoms with E-state index in [2.05, 4.69) is 20.3 Å². The minimum Gasteiger partial charge on any atom is -0.384 e. The number of nitrogens with two attached hydrogens (primary N) is 1. The second kappa shape index (κ2) is 5.47. The molecule has 0 fully saturated rings. The van der Waals surface area contributed by atoms with Crippen LogP contribution in [0.3, 0.4) is 0 Å². The summed E-state index contributed by atoms with van der Waals surface area (Å²) in [4.78, 5) is 11.9. The minimum absolute atomic E-state index is 0.0350. The van der Waals surface area contributed by atoms with Gasteiger partial charge < -0.3 is 11.1 Å². The number of alkyl halides is 3. The van der Waals surface area contributed by atoms with Gasteiger partial charge in [0.2, 0.25) is 5.82 Å². The predicted octanol–water partition coefficient (Wildman–Crippen LogP) is 3.32. The summed E-state index contributed by atoms with van der Waals surface area (Å²) in [5.74, 6) is -1.45. The Balaban J connectivity index is 2.27. The van der Waals surface area contributed by atoms with Crippen LogP contribution in [-0.4, -0.2) is 15.0 Å². The molecule has 114 valence electrons. The molecular weight excluding hydrogens is 303 g/mol. The summed E-state index contributed by atoms with van der Waals surface area (Å²) in [5, 5.41) is 3.80. The summed E-state index contributed by atoms with van der Waals surface area (Å²) < 4.78 is 38.0. The first kappa shape index (κ1) is 15.5. The first-order valence-corrected chi connectivity index (χ1v) is 6.90. The first-order chi connectivity index (χ1) is 9.66. The number of nitrogens with one attached hydrogen (secondary N) is 1. The van der Waals surface area contributed by atoms with Crippen molar-refractivity contribution in [3.05, 3.63) is 27.5 Å². The van der Waals surface area contributed by atoms with E-state index in [0.29, 0.717) is 0 Å². The molecule has 0 aliphatic carbocycles. The number of hydrogen-bond acceptors (Lipinski definition) is 6. The van der Waals surface area contributed by atoms with Crippen molar-refractivity contribution in [2.24, 2.45) is 0 Å². The lowest BCUT2D eigenvalue weighted by Gasteiger charge is -2.15. The van der Waals surface area contributed by atoms with Crippen LogP contribution in [-0.2, 0) is 6.18 Å². The van der Waals surface area contributed by atoms with Crippen molar-refractivity contribution in [3.63, 3.8) is 0 Å². The van der Waals surface area contributed by atoms with Crippen LogP contribution < -0.4 is 11.1 Å². The van der Waals surface area contributed by atoms with Gasteiger partial charge >= 0.3 is 6.18 Å². The van der Waals surface area contributed by atoms with Crippen LogP contribution in [0.15, 0.2) is 6.07 Å². The zero-order chi connectivity index (χ0) is 15.8. The van der Waals surface area contributed by atoms with Gasteiger partial charge in [0.15, 0.2) is 0 Å². The molecule has 2 rings (SSSR count). The number of aryl methyl sites for hydroxylation is 2.